The first-order chi connectivity index (χ1) is 8.68. The average molecular weight is 248 g/mol. The van der Waals surface area contributed by atoms with E-state index in [-0.39, 0.29) is 11.3 Å². The van der Waals surface area contributed by atoms with Crippen LogP contribution in [0, 0.1) is 11.6 Å². The molecule has 0 aliphatic carbocycles. The van der Waals surface area contributed by atoms with Crippen molar-refractivity contribution in [1.29, 1.82) is 0 Å². The number of carbonyl (C=O) groups is 1. The van der Waals surface area contributed by atoms with Crippen molar-refractivity contribution >= 4 is 5.78 Å². The summed E-state index contributed by atoms with van der Waals surface area (Å²) in [7, 11) is 0. The number of rotatable bonds is 4. The molecule has 18 heavy (non-hydrogen) atoms. The quantitative estimate of drug-likeness (QED) is 0.776. The number of Topliss-reactive ketones (excluding diaryl/α,β-unsaturated/α-hetero) is 1. The van der Waals surface area contributed by atoms with Crippen molar-refractivity contribution in [3.63, 3.8) is 0 Å². The monoisotopic (exact) mass is 248 g/mol. The second kappa shape index (κ2) is 5.40. The van der Waals surface area contributed by atoms with Gasteiger partial charge < -0.3 is 4.74 Å². The van der Waals surface area contributed by atoms with Crippen LogP contribution in [0.3, 0.4) is 0 Å². The normalized spacial score (nSPS) is 10.1. The van der Waals surface area contributed by atoms with E-state index < -0.39 is 24.0 Å². The van der Waals surface area contributed by atoms with Gasteiger partial charge in [0.1, 0.15) is 5.82 Å². The maximum Gasteiger partial charge on any atom is 0.203 e. The lowest BCUT2D eigenvalue weighted by molar-refractivity contribution is 0.0914. The fourth-order valence-electron chi connectivity index (χ4n) is 1.47. The van der Waals surface area contributed by atoms with Crippen LogP contribution in [0.25, 0.3) is 0 Å². The Balaban J connectivity index is 2.06. The lowest BCUT2D eigenvalue weighted by Gasteiger charge is -2.06. The zero-order valence-electron chi connectivity index (χ0n) is 9.40. The van der Waals surface area contributed by atoms with E-state index in [0.717, 1.165) is 0 Å². The number of para-hydroxylation sites is 1. The third kappa shape index (κ3) is 2.71. The zero-order chi connectivity index (χ0) is 13.0. The highest BCUT2D eigenvalue weighted by Crippen LogP contribution is 2.16. The molecule has 2 nitrogen and oxygen atoms in total. The molecule has 0 unspecified atom stereocenters. The molecule has 4 heteroatoms. The highest BCUT2D eigenvalue weighted by molar-refractivity contribution is 5.97. The lowest BCUT2D eigenvalue weighted by Crippen LogP contribution is -2.13. The molecule has 0 heterocycles. The number of benzene rings is 2. The van der Waals surface area contributed by atoms with Crippen molar-refractivity contribution in [3.05, 3.63) is 65.7 Å². The summed E-state index contributed by atoms with van der Waals surface area (Å²) in [5.74, 6) is -1.72. The van der Waals surface area contributed by atoms with Crippen molar-refractivity contribution in [2.45, 2.75) is 0 Å². The molecule has 0 fully saturated rings. The third-order valence-electron chi connectivity index (χ3n) is 2.37. The Morgan fingerprint density at radius 1 is 0.944 bits per heavy atom. The van der Waals surface area contributed by atoms with E-state index in [1.165, 1.54) is 36.4 Å². The van der Waals surface area contributed by atoms with E-state index in [9.17, 15) is 13.6 Å². The van der Waals surface area contributed by atoms with Crippen LogP contribution in [0.4, 0.5) is 8.78 Å². The summed E-state index contributed by atoms with van der Waals surface area (Å²) in [6.07, 6.45) is 0. The molecule has 0 atom stereocenters. The van der Waals surface area contributed by atoms with Gasteiger partial charge in [-0.05, 0) is 24.3 Å². The van der Waals surface area contributed by atoms with Crippen molar-refractivity contribution in [3.8, 4) is 5.75 Å². The smallest absolute Gasteiger partial charge is 0.203 e. The van der Waals surface area contributed by atoms with E-state index >= 15 is 0 Å². The first-order valence-electron chi connectivity index (χ1n) is 5.33. The summed E-state index contributed by atoms with van der Waals surface area (Å²) >= 11 is 0. The van der Waals surface area contributed by atoms with Crippen LogP contribution in [0.1, 0.15) is 10.4 Å². The van der Waals surface area contributed by atoms with Gasteiger partial charge in [-0.1, -0.05) is 24.3 Å². The van der Waals surface area contributed by atoms with Crippen molar-refractivity contribution in [1.82, 2.24) is 0 Å². The summed E-state index contributed by atoms with van der Waals surface area (Å²) in [5.41, 5.74) is -0.0613. The Morgan fingerprint density at radius 3 is 2.22 bits per heavy atom. The topological polar surface area (TPSA) is 26.3 Å². The molecule has 0 N–H and O–H groups in total. The Labute approximate surface area is 103 Å². The number of ether oxygens (including phenoxy) is 1. The van der Waals surface area contributed by atoms with Crippen LogP contribution < -0.4 is 4.74 Å². The Bertz CT molecular complexity index is 567. The number of hydrogen-bond donors (Lipinski definition) is 0. The summed E-state index contributed by atoms with van der Waals surface area (Å²) in [6.45, 7) is -0.401. The Morgan fingerprint density at radius 2 is 1.56 bits per heavy atom. The fraction of sp³-hybridized carbons (Fsp3) is 0.0714. The van der Waals surface area contributed by atoms with Gasteiger partial charge in [-0.15, -0.1) is 0 Å². The van der Waals surface area contributed by atoms with E-state index in [1.807, 2.05) is 0 Å². The van der Waals surface area contributed by atoms with Crippen LogP contribution in [-0.2, 0) is 0 Å². The predicted octanol–water partition coefficient (Wildman–Crippen LogP) is 3.23. The molecule has 2 aromatic rings. The number of halogens is 2. The number of ketones is 1. The Kier molecular flexibility index (Phi) is 3.67. The zero-order valence-corrected chi connectivity index (χ0v) is 9.40. The SMILES string of the molecule is O=C(COc1ccccc1F)c1ccccc1F. The molecule has 0 spiro atoms. The molecule has 0 radical (unpaired) electrons. The van der Waals surface area contributed by atoms with Crippen LogP contribution in [0.5, 0.6) is 5.75 Å². The van der Waals surface area contributed by atoms with Crippen molar-refractivity contribution in [2.24, 2.45) is 0 Å². The second-order valence-electron chi connectivity index (χ2n) is 3.62. The summed E-state index contributed by atoms with van der Waals surface area (Å²) in [5, 5.41) is 0. The number of carbonyl (C=O) groups excluding carboxylic acids is 1. The molecular weight excluding hydrogens is 238 g/mol. The van der Waals surface area contributed by atoms with Crippen molar-refractivity contribution in [2.75, 3.05) is 6.61 Å². The fourth-order valence-corrected chi connectivity index (χ4v) is 1.47. The van der Waals surface area contributed by atoms with Gasteiger partial charge in [0.25, 0.3) is 0 Å². The van der Waals surface area contributed by atoms with Gasteiger partial charge in [0.2, 0.25) is 5.78 Å². The first kappa shape index (κ1) is 12.2. The van der Waals surface area contributed by atoms with Gasteiger partial charge in [0.15, 0.2) is 18.2 Å². The van der Waals surface area contributed by atoms with Gasteiger partial charge in [-0.3, -0.25) is 4.79 Å². The lowest BCUT2D eigenvalue weighted by atomic mass is 10.1. The minimum Gasteiger partial charge on any atom is -0.482 e. The van der Waals surface area contributed by atoms with E-state index in [2.05, 4.69) is 0 Å². The molecule has 0 saturated heterocycles. The summed E-state index contributed by atoms with van der Waals surface area (Å²) in [4.78, 5) is 11.7. The molecule has 2 rings (SSSR count). The van der Waals surface area contributed by atoms with E-state index in [1.54, 1.807) is 12.1 Å². The molecule has 0 bridgehead atoms. The first-order valence-corrected chi connectivity index (χ1v) is 5.33. The van der Waals surface area contributed by atoms with Crippen LogP contribution in [0.15, 0.2) is 48.5 Å². The van der Waals surface area contributed by atoms with Gasteiger partial charge in [0.05, 0.1) is 5.56 Å². The van der Waals surface area contributed by atoms with Crippen LogP contribution in [0.2, 0.25) is 0 Å². The molecule has 0 aliphatic rings. The largest absolute Gasteiger partial charge is 0.482 e. The van der Waals surface area contributed by atoms with Crippen molar-refractivity contribution < 1.29 is 18.3 Å². The minimum atomic E-state index is -0.611. The number of hydrogen-bond acceptors (Lipinski definition) is 2. The van der Waals surface area contributed by atoms with Gasteiger partial charge in [-0.2, -0.15) is 0 Å². The highest BCUT2D eigenvalue weighted by Gasteiger charge is 2.12. The molecule has 92 valence electrons. The molecule has 2 aromatic carbocycles. The molecule has 0 saturated carbocycles. The van der Waals surface area contributed by atoms with Crippen LogP contribution >= 0.6 is 0 Å². The maximum absolute atomic E-state index is 13.3. The predicted molar refractivity (Wildman–Crippen MR) is 62.6 cm³/mol. The summed E-state index contributed by atoms with van der Waals surface area (Å²) < 4.78 is 31.5. The molecule has 0 aliphatic heterocycles. The minimum absolute atomic E-state index is 0.0258. The highest BCUT2D eigenvalue weighted by atomic mass is 19.1. The average Bonchev–Trinajstić information content (AvgIpc) is 2.38. The molecule has 0 aromatic heterocycles. The van der Waals surface area contributed by atoms with Gasteiger partial charge >= 0.3 is 0 Å². The molecular formula is C14H10F2O2. The second-order valence-corrected chi connectivity index (χ2v) is 3.62. The standard InChI is InChI=1S/C14H10F2O2/c15-11-6-2-1-5-10(11)13(17)9-18-14-8-4-3-7-12(14)16/h1-8H,9H2. The Hall–Kier alpha value is -2.23. The van der Waals surface area contributed by atoms with E-state index in [4.69, 9.17) is 4.74 Å². The van der Waals surface area contributed by atoms with E-state index in [0.29, 0.717) is 0 Å². The summed E-state index contributed by atoms with van der Waals surface area (Å²) in [6, 6.07) is 11.3. The third-order valence-corrected chi connectivity index (χ3v) is 2.37. The molecule has 0 amide bonds. The van der Waals surface area contributed by atoms with Gasteiger partial charge in [-0.25, -0.2) is 8.78 Å². The van der Waals surface area contributed by atoms with Gasteiger partial charge in [0, 0.05) is 0 Å². The van der Waals surface area contributed by atoms with Crippen LogP contribution in [-0.4, -0.2) is 12.4 Å². The maximum atomic E-state index is 13.3.